The molecule has 3 rings (SSSR count). The number of carbonyl (C=O) groups excluding carboxylic acids is 2. The maximum atomic E-state index is 13.6. The Morgan fingerprint density at radius 1 is 0.862 bits per heavy atom. The van der Waals surface area contributed by atoms with E-state index in [1.165, 1.54) is 12.1 Å². The Hall–Kier alpha value is -3.52. The van der Waals surface area contributed by atoms with E-state index in [2.05, 4.69) is 21.5 Å². The van der Waals surface area contributed by atoms with Gasteiger partial charge in [0.15, 0.2) is 5.11 Å². The highest BCUT2D eigenvalue weighted by Gasteiger charge is 2.09. The standard InChI is InChI=1S/C21H19FN4O2S/c22-17-10-3-4-11-18(17)24-21(29)26-25-20(28)13-23-19(27)12-15-8-5-7-14-6-1-2-9-16(14)15/h1-11H,12-13H2,(H,23,27)(H,25,28)(H2,24,26,29). The van der Waals surface area contributed by atoms with Crippen molar-refractivity contribution < 1.29 is 14.0 Å². The Bertz CT molecular complexity index is 1050. The molecule has 8 heteroatoms. The maximum Gasteiger partial charge on any atom is 0.257 e. The highest BCUT2D eigenvalue weighted by Crippen LogP contribution is 2.18. The Morgan fingerprint density at radius 3 is 2.41 bits per heavy atom. The van der Waals surface area contributed by atoms with Crippen LogP contribution in [0.1, 0.15) is 5.56 Å². The van der Waals surface area contributed by atoms with Gasteiger partial charge in [-0.05, 0) is 40.7 Å². The topological polar surface area (TPSA) is 82.3 Å². The van der Waals surface area contributed by atoms with Crippen molar-refractivity contribution in [1.29, 1.82) is 0 Å². The molecule has 0 fully saturated rings. The summed E-state index contributed by atoms with van der Waals surface area (Å²) in [6, 6.07) is 19.6. The van der Waals surface area contributed by atoms with Gasteiger partial charge >= 0.3 is 0 Å². The van der Waals surface area contributed by atoms with Crippen molar-refractivity contribution in [3.63, 3.8) is 0 Å². The first-order chi connectivity index (χ1) is 14.0. The van der Waals surface area contributed by atoms with Crippen LogP contribution in [0.3, 0.4) is 0 Å². The molecule has 0 aliphatic rings. The SMILES string of the molecule is O=C(Cc1cccc2ccccc12)NCC(=O)NNC(=S)Nc1ccccc1F. The molecule has 29 heavy (non-hydrogen) atoms. The summed E-state index contributed by atoms with van der Waals surface area (Å²) < 4.78 is 13.6. The highest BCUT2D eigenvalue weighted by molar-refractivity contribution is 7.80. The number of halogens is 1. The summed E-state index contributed by atoms with van der Waals surface area (Å²) in [5, 5.41) is 7.26. The summed E-state index contributed by atoms with van der Waals surface area (Å²) in [4.78, 5) is 24.1. The third-order valence-corrected chi connectivity index (χ3v) is 4.32. The lowest BCUT2D eigenvalue weighted by Crippen LogP contribution is -2.47. The second-order valence-corrected chi connectivity index (χ2v) is 6.61. The number of para-hydroxylation sites is 1. The third-order valence-electron chi connectivity index (χ3n) is 4.11. The van der Waals surface area contributed by atoms with Crippen LogP contribution in [-0.4, -0.2) is 23.5 Å². The van der Waals surface area contributed by atoms with Gasteiger partial charge in [0.25, 0.3) is 5.91 Å². The molecule has 0 atom stereocenters. The quantitative estimate of drug-likeness (QED) is 0.384. The minimum atomic E-state index is -0.492. The van der Waals surface area contributed by atoms with E-state index in [1.807, 2.05) is 42.5 Å². The van der Waals surface area contributed by atoms with Crippen LogP contribution in [0.2, 0.25) is 0 Å². The molecule has 0 spiro atoms. The van der Waals surface area contributed by atoms with Crippen LogP contribution in [-0.2, 0) is 16.0 Å². The molecule has 6 nitrogen and oxygen atoms in total. The number of carbonyl (C=O) groups is 2. The number of anilines is 1. The number of hydrogen-bond acceptors (Lipinski definition) is 3. The number of fused-ring (bicyclic) bond motifs is 1. The van der Waals surface area contributed by atoms with E-state index in [1.54, 1.807) is 12.1 Å². The van der Waals surface area contributed by atoms with Crippen molar-refractivity contribution in [2.75, 3.05) is 11.9 Å². The largest absolute Gasteiger partial charge is 0.347 e. The fourth-order valence-corrected chi connectivity index (χ4v) is 2.91. The minimum Gasteiger partial charge on any atom is -0.347 e. The van der Waals surface area contributed by atoms with E-state index in [0.29, 0.717) is 0 Å². The van der Waals surface area contributed by atoms with Crippen LogP contribution >= 0.6 is 12.2 Å². The lowest BCUT2D eigenvalue weighted by Gasteiger charge is -2.12. The Labute approximate surface area is 172 Å². The average Bonchev–Trinajstić information content (AvgIpc) is 2.73. The molecule has 0 bridgehead atoms. The van der Waals surface area contributed by atoms with Gasteiger partial charge in [-0.1, -0.05) is 54.6 Å². The normalized spacial score (nSPS) is 10.2. The van der Waals surface area contributed by atoms with Crippen LogP contribution in [0.5, 0.6) is 0 Å². The average molecular weight is 410 g/mol. The predicted octanol–water partition coefficient (Wildman–Crippen LogP) is 2.66. The van der Waals surface area contributed by atoms with Crippen molar-refractivity contribution in [3.05, 3.63) is 78.1 Å². The maximum absolute atomic E-state index is 13.6. The number of rotatable bonds is 5. The fourth-order valence-electron chi connectivity index (χ4n) is 2.75. The minimum absolute atomic E-state index is 0.0190. The number of nitrogens with one attached hydrogen (secondary N) is 4. The summed E-state index contributed by atoms with van der Waals surface area (Å²) in [6.07, 6.45) is 0.162. The van der Waals surface area contributed by atoms with Gasteiger partial charge in [-0.25, -0.2) is 4.39 Å². The molecular weight excluding hydrogens is 391 g/mol. The molecule has 0 saturated carbocycles. The molecule has 0 aliphatic heterocycles. The third kappa shape index (κ3) is 5.73. The van der Waals surface area contributed by atoms with Crippen molar-refractivity contribution in [2.24, 2.45) is 0 Å². The number of amides is 2. The molecular formula is C21H19FN4O2S. The second kappa shape index (κ2) is 9.61. The summed E-state index contributed by atoms with van der Waals surface area (Å²) in [7, 11) is 0. The molecule has 3 aromatic rings. The molecule has 0 unspecified atom stereocenters. The van der Waals surface area contributed by atoms with E-state index in [9.17, 15) is 14.0 Å². The van der Waals surface area contributed by atoms with Gasteiger partial charge in [0.2, 0.25) is 5.91 Å². The van der Waals surface area contributed by atoms with E-state index in [4.69, 9.17) is 12.2 Å². The van der Waals surface area contributed by atoms with Gasteiger partial charge in [0.05, 0.1) is 18.7 Å². The first kappa shape index (κ1) is 20.2. The van der Waals surface area contributed by atoms with Crippen LogP contribution in [0, 0.1) is 5.82 Å². The molecule has 0 aliphatic carbocycles. The zero-order chi connectivity index (χ0) is 20.6. The summed E-state index contributed by atoms with van der Waals surface area (Å²) in [5.74, 6) is -1.24. The Morgan fingerprint density at radius 2 is 1.59 bits per heavy atom. The second-order valence-electron chi connectivity index (χ2n) is 6.20. The van der Waals surface area contributed by atoms with E-state index < -0.39 is 11.7 Å². The zero-order valence-corrected chi connectivity index (χ0v) is 16.2. The van der Waals surface area contributed by atoms with Gasteiger partial charge in [0, 0.05) is 0 Å². The monoisotopic (exact) mass is 410 g/mol. The molecule has 3 aromatic carbocycles. The summed E-state index contributed by atoms with van der Waals surface area (Å²) in [6.45, 7) is -0.223. The van der Waals surface area contributed by atoms with Gasteiger partial charge < -0.3 is 10.6 Å². The van der Waals surface area contributed by atoms with Gasteiger partial charge in [-0.15, -0.1) is 0 Å². The lowest BCUT2D eigenvalue weighted by molar-refractivity contribution is -0.126. The molecule has 0 heterocycles. The summed E-state index contributed by atoms with van der Waals surface area (Å²) in [5.41, 5.74) is 5.87. The van der Waals surface area contributed by atoms with Crippen molar-refractivity contribution in [2.45, 2.75) is 6.42 Å². The van der Waals surface area contributed by atoms with Gasteiger partial charge in [0.1, 0.15) is 5.82 Å². The van der Waals surface area contributed by atoms with Crippen LogP contribution in [0.15, 0.2) is 66.7 Å². The molecule has 148 valence electrons. The first-order valence-corrected chi connectivity index (χ1v) is 9.27. The number of thiocarbonyl (C=S) groups is 1. The number of benzene rings is 3. The van der Waals surface area contributed by atoms with Gasteiger partial charge in [-0.3, -0.25) is 20.4 Å². The van der Waals surface area contributed by atoms with Crippen molar-refractivity contribution >= 4 is 45.6 Å². The Kier molecular flexibility index (Phi) is 6.70. The zero-order valence-electron chi connectivity index (χ0n) is 15.4. The van der Waals surface area contributed by atoms with Crippen LogP contribution < -0.4 is 21.5 Å². The van der Waals surface area contributed by atoms with E-state index in [0.717, 1.165) is 16.3 Å². The predicted molar refractivity (Wildman–Crippen MR) is 115 cm³/mol. The van der Waals surface area contributed by atoms with E-state index >= 15 is 0 Å². The highest BCUT2D eigenvalue weighted by atomic mass is 32.1. The fraction of sp³-hybridized carbons (Fsp3) is 0.0952. The molecule has 0 aromatic heterocycles. The van der Waals surface area contributed by atoms with Crippen LogP contribution in [0.25, 0.3) is 10.8 Å². The van der Waals surface area contributed by atoms with Crippen LogP contribution in [0.4, 0.5) is 10.1 Å². The lowest BCUT2D eigenvalue weighted by atomic mass is 10.0. The molecule has 0 saturated heterocycles. The first-order valence-electron chi connectivity index (χ1n) is 8.86. The van der Waals surface area contributed by atoms with Gasteiger partial charge in [-0.2, -0.15) is 0 Å². The Balaban J connectivity index is 1.43. The molecule has 2 amide bonds. The number of hydrogen-bond donors (Lipinski definition) is 4. The van der Waals surface area contributed by atoms with Crippen molar-refractivity contribution in [1.82, 2.24) is 16.2 Å². The summed E-state index contributed by atoms with van der Waals surface area (Å²) >= 11 is 4.99. The van der Waals surface area contributed by atoms with Crippen molar-refractivity contribution in [3.8, 4) is 0 Å². The molecule has 0 radical (unpaired) electrons. The van der Waals surface area contributed by atoms with E-state index in [-0.39, 0.29) is 29.7 Å². The molecule has 4 N–H and O–H groups in total. The smallest absolute Gasteiger partial charge is 0.257 e. The number of hydrazine groups is 1.